The standard InChI is InChI=1S/C16H16ClN3OS2/c17-13-5-7-14(8-6-13)23-10-9-21-15-4-2-1-3-12(15)11-19-20-16(18)22/h1-8,11H,9-10H2,(H3,18,20,22)/b19-11+. The molecule has 23 heavy (non-hydrogen) atoms. The molecule has 0 spiro atoms. The first-order chi connectivity index (χ1) is 11.1. The number of hydrogen-bond acceptors (Lipinski definition) is 4. The molecule has 3 N–H and O–H groups in total. The zero-order chi connectivity index (χ0) is 16.5. The molecule has 0 aliphatic rings. The molecule has 0 heterocycles. The van der Waals surface area contributed by atoms with Crippen molar-refractivity contribution in [2.75, 3.05) is 12.4 Å². The van der Waals surface area contributed by atoms with Crippen molar-refractivity contribution in [3.05, 3.63) is 59.1 Å². The summed E-state index contributed by atoms with van der Waals surface area (Å²) in [7, 11) is 0. The van der Waals surface area contributed by atoms with Gasteiger partial charge < -0.3 is 10.5 Å². The number of benzene rings is 2. The van der Waals surface area contributed by atoms with E-state index in [1.807, 2.05) is 48.5 Å². The monoisotopic (exact) mass is 365 g/mol. The average Bonchev–Trinajstić information content (AvgIpc) is 2.54. The molecule has 0 amide bonds. The van der Waals surface area contributed by atoms with Gasteiger partial charge in [-0.3, -0.25) is 5.43 Å². The Kier molecular flexibility index (Phi) is 7.19. The number of rotatable bonds is 7. The number of thiocarbonyl (C=S) groups is 1. The summed E-state index contributed by atoms with van der Waals surface area (Å²) in [6.07, 6.45) is 1.63. The predicted octanol–water partition coefficient (Wildman–Crippen LogP) is 3.68. The lowest BCUT2D eigenvalue weighted by molar-refractivity contribution is 0.343. The van der Waals surface area contributed by atoms with Crippen molar-refractivity contribution in [1.29, 1.82) is 0 Å². The van der Waals surface area contributed by atoms with Gasteiger partial charge in [0.25, 0.3) is 0 Å². The van der Waals surface area contributed by atoms with E-state index in [2.05, 4.69) is 10.5 Å². The van der Waals surface area contributed by atoms with E-state index in [-0.39, 0.29) is 5.11 Å². The Morgan fingerprint density at radius 1 is 1.26 bits per heavy atom. The molecule has 2 rings (SSSR count). The number of halogens is 1. The second kappa shape index (κ2) is 9.39. The molecule has 0 radical (unpaired) electrons. The molecule has 2 aromatic rings. The number of hydrogen-bond donors (Lipinski definition) is 2. The minimum Gasteiger partial charge on any atom is -0.492 e. The molecule has 0 aromatic heterocycles. The fourth-order valence-corrected chi connectivity index (χ4v) is 2.64. The van der Waals surface area contributed by atoms with Gasteiger partial charge in [-0.15, -0.1) is 11.8 Å². The Bertz CT molecular complexity index is 677. The summed E-state index contributed by atoms with van der Waals surface area (Å²) < 4.78 is 5.81. The zero-order valence-corrected chi connectivity index (χ0v) is 14.6. The first kappa shape index (κ1) is 17.6. The van der Waals surface area contributed by atoms with Crippen LogP contribution in [0.1, 0.15) is 5.56 Å². The van der Waals surface area contributed by atoms with Gasteiger partial charge in [0.1, 0.15) is 5.75 Å². The molecule has 0 bridgehead atoms. The molecule has 0 aliphatic carbocycles. The van der Waals surface area contributed by atoms with Crippen LogP contribution in [0.3, 0.4) is 0 Å². The van der Waals surface area contributed by atoms with Crippen LogP contribution >= 0.6 is 35.6 Å². The maximum atomic E-state index is 5.86. The lowest BCUT2D eigenvalue weighted by Crippen LogP contribution is -2.24. The maximum Gasteiger partial charge on any atom is 0.184 e. The zero-order valence-electron chi connectivity index (χ0n) is 12.2. The molecule has 4 nitrogen and oxygen atoms in total. The van der Waals surface area contributed by atoms with Crippen LogP contribution in [-0.2, 0) is 0 Å². The van der Waals surface area contributed by atoms with Gasteiger partial charge in [-0.2, -0.15) is 5.10 Å². The summed E-state index contributed by atoms with van der Waals surface area (Å²) in [5.74, 6) is 1.59. The van der Waals surface area contributed by atoms with Crippen LogP contribution < -0.4 is 15.9 Å². The molecule has 0 saturated heterocycles. The van der Waals surface area contributed by atoms with Gasteiger partial charge in [-0.05, 0) is 48.6 Å². The number of nitrogens with one attached hydrogen (secondary N) is 1. The van der Waals surface area contributed by atoms with Gasteiger partial charge in [-0.25, -0.2) is 0 Å². The number of ether oxygens (including phenoxy) is 1. The largest absolute Gasteiger partial charge is 0.492 e. The van der Waals surface area contributed by atoms with Crippen LogP contribution in [0.2, 0.25) is 5.02 Å². The second-order valence-electron chi connectivity index (χ2n) is 4.42. The van der Waals surface area contributed by atoms with Gasteiger partial charge >= 0.3 is 0 Å². The average molecular weight is 366 g/mol. The number of hydrazone groups is 1. The van der Waals surface area contributed by atoms with Crippen LogP contribution in [0.4, 0.5) is 0 Å². The Labute approximate surface area is 150 Å². The van der Waals surface area contributed by atoms with Crippen LogP contribution in [-0.4, -0.2) is 23.7 Å². The van der Waals surface area contributed by atoms with E-state index in [9.17, 15) is 0 Å². The third-order valence-electron chi connectivity index (χ3n) is 2.72. The molecule has 0 unspecified atom stereocenters. The van der Waals surface area contributed by atoms with E-state index in [4.69, 9.17) is 34.3 Å². The normalized spacial score (nSPS) is 10.7. The Hall–Kier alpha value is -1.76. The quantitative estimate of drug-likeness (QED) is 0.258. The summed E-state index contributed by atoms with van der Waals surface area (Å²) in [5.41, 5.74) is 8.70. The van der Waals surface area contributed by atoms with E-state index >= 15 is 0 Å². The summed E-state index contributed by atoms with van der Waals surface area (Å²) in [6, 6.07) is 15.4. The highest BCUT2D eigenvalue weighted by atomic mass is 35.5. The van der Waals surface area contributed by atoms with E-state index in [1.165, 1.54) is 0 Å². The third-order valence-corrected chi connectivity index (χ3v) is 4.04. The lowest BCUT2D eigenvalue weighted by atomic mass is 10.2. The Morgan fingerprint density at radius 3 is 2.74 bits per heavy atom. The number of nitrogens with two attached hydrogens (primary N) is 1. The lowest BCUT2D eigenvalue weighted by Gasteiger charge is -2.09. The Balaban J connectivity index is 1.84. The van der Waals surface area contributed by atoms with Gasteiger partial charge in [0.15, 0.2) is 5.11 Å². The predicted molar refractivity (Wildman–Crippen MR) is 102 cm³/mol. The van der Waals surface area contributed by atoms with Crippen LogP contribution in [0.25, 0.3) is 0 Å². The molecular formula is C16H16ClN3OS2. The summed E-state index contributed by atoms with van der Waals surface area (Å²) >= 11 is 12.3. The van der Waals surface area contributed by atoms with Crippen molar-refractivity contribution in [3.8, 4) is 5.75 Å². The molecule has 7 heteroatoms. The first-order valence-electron chi connectivity index (χ1n) is 6.84. The SMILES string of the molecule is NC(=S)N/N=C/c1ccccc1OCCSc1ccc(Cl)cc1. The number of para-hydroxylation sites is 1. The van der Waals surface area contributed by atoms with Gasteiger partial charge in [0.05, 0.1) is 12.8 Å². The molecule has 0 saturated carbocycles. The van der Waals surface area contributed by atoms with Crippen molar-refractivity contribution in [2.45, 2.75) is 4.90 Å². The van der Waals surface area contributed by atoms with Crippen molar-refractivity contribution < 1.29 is 4.74 Å². The highest BCUT2D eigenvalue weighted by Gasteiger charge is 2.01. The summed E-state index contributed by atoms with van der Waals surface area (Å²) in [5, 5.41) is 4.81. The van der Waals surface area contributed by atoms with Crippen molar-refractivity contribution in [3.63, 3.8) is 0 Å². The van der Waals surface area contributed by atoms with Crippen molar-refractivity contribution in [2.24, 2.45) is 10.8 Å². The minimum atomic E-state index is 0.124. The summed E-state index contributed by atoms with van der Waals surface area (Å²) in [6.45, 7) is 0.584. The molecule has 0 atom stereocenters. The van der Waals surface area contributed by atoms with Gasteiger partial charge in [0.2, 0.25) is 0 Å². The maximum absolute atomic E-state index is 5.86. The van der Waals surface area contributed by atoms with Crippen molar-refractivity contribution >= 4 is 46.9 Å². The molecular weight excluding hydrogens is 350 g/mol. The number of nitrogens with zero attached hydrogens (tertiary/aromatic N) is 1. The number of thioether (sulfide) groups is 1. The van der Waals surface area contributed by atoms with Crippen LogP contribution in [0.15, 0.2) is 58.5 Å². The van der Waals surface area contributed by atoms with E-state index < -0.39 is 0 Å². The van der Waals surface area contributed by atoms with E-state index in [0.29, 0.717) is 6.61 Å². The fraction of sp³-hybridized carbons (Fsp3) is 0.125. The molecule has 2 aromatic carbocycles. The fourth-order valence-electron chi connectivity index (χ4n) is 1.73. The van der Waals surface area contributed by atoms with Gasteiger partial charge in [-0.1, -0.05) is 23.7 Å². The molecule has 0 fully saturated rings. The summed E-state index contributed by atoms with van der Waals surface area (Å²) in [4.78, 5) is 1.16. The highest BCUT2D eigenvalue weighted by Crippen LogP contribution is 2.21. The van der Waals surface area contributed by atoms with Crippen LogP contribution in [0, 0.1) is 0 Å². The van der Waals surface area contributed by atoms with E-state index in [1.54, 1.807) is 18.0 Å². The third kappa shape index (κ3) is 6.48. The van der Waals surface area contributed by atoms with Gasteiger partial charge in [0, 0.05) is 21.2 Å². The van der Waals surface area contributed by atoms with Crippen molar-refractivity contribution in [1.82, 2.24) is 5.43 Å². The molecule has 0 aliphatic heterocycles. The van der Waals surface area contributed by atoms with Crippen LogP contribution in [0.5, 0.6) is 5.75 Å². The van der Waals surface area contributed by atoms with E-state index in [0.717, 1.165) is 27.0 Å². The first-order valence-corrected chi connectivity index (χ1v) is 8.61. The smallest absolute Gasteiger partial charge is 0.184 e. The topological polar surface area (TPSA) is 59.6 Å². The Morgan fingerprint density at radius 2 is 2.00 bits per heavy atom. The minimum absolute atomic E-state index is 0.124. The molecule has 120 valence electrons. The second-order valence-corrected chi connectivity index (χ2v) is 6.47. The highest BCUT2D eigenvalue weighted by molar-refractivity contribution is 7.99.